The highest BCUT2D eigenvalue weighted by atomic mass is 35.5. The summed E-state index contributed by atoms with van der Waals surface area (Å²) in [4.78, 5) is 0. The van der Waals surface area contributed by atoms with Crippen LogP contribution in [0, 0.1) is 0 Å². The third kappa shape index (κ3) is 2.99. The highest BCUT2D eigenvalue weighted by Gasteiger charge is 1.87. The Hall–Kier alpha value is -0.925. The molecule has 0 bridgehead atoms. The van der Waals surface area contributed by atoms with Crippen LogP contribution in [0.3, 0.4) is 0 Å². The van der Waals surface area contributed by atoms with Crippen LogP contribution in [0.15, 0.2) is 30.5 Å². The van der Waals surface area contributed by atoms with Crippen molar-refractivity contribution in [3.63, 3.8) is 0 Å². The molecule has 1 radical (unpaired) electrons. The third-order valence-corrected chi connectivity index (χ3v) is 1.52. The predicted molar refractivity (Wildman–Crippen MR) is 49.5 cm³/mol. The van der Waals surface area contributed by atoms with Crippen molar-refractivity contribution in [2.45, 2.75) is 0 Å². The normalized spacial score (nSPS) is 10.2. The zero-order valence-corrected chi connectivity index (χ0v) is 7.03. The SMILES string of the molecule is O[B]OC=Cc1ccc(Cl)cc1. The van der Waals surface area contributed by atoms with Gasteiger partial charge in [0.1, 0.15) is 0 Å². The van der Waals surface area contributed by atoms with Gasteiger partial charge in [-0.1, -0.05) is 23.7 Å². The van der Waals surface area contributed by atoms with Crippen molar-refractivity contribution in [2.75, 3.05) is 0 Å². The van der Waals surface area contributed by atoms with Gasteiger partial charge in [0, 0.05) is 5.02 Å². The Morgan fingerprint density at radius 1 is 1.33 bits per heavy atom. The van der Waals surface area contributed by atoms with E-state index in [9.17, 15) is 0 Å². The van der Waals surface area contributed by atoms with Gasteiger partial charge >= 0.3 is 7.69 Å². The summed E-state index contributed by atoms with van der Waals surface area (Å²) in [7, 11) is 0.617. The summed E-state index contributed by atoms with van der Waals surface area (Å²) in [5, 5.41) is 8.86. The maximum absolute atomic E-state index is 8.17. The lowest BCUT2D eigenvalue weighted by Crippen LogP contribution is -1.86. The average Bonchev–Trinajstić information content (AvgIpc) is 2.09. The molecule has 0 saturated heterocycles. The number of hydrogen-bond donors (Lipinski definition) is 1. The molecule has 1 N–H and O–H groups in total. The van der Waals surface area contributed by atoms with Gasteiger partial charge in [-0.25, -0.2) is 0 Å². The van der Waals surface area contributed by atoms with Crippen LogP contribution < -0.4 is 0 Å². The molecule has 0 amide bonds. The van der Waals surface area contributed by atoms with Gasteiger partial charge in [0.25, 0.3) is 0 Å². The number of benzene rings is 1. The molecule has 0 aliphatic rings. The molecule has 0 aliphatic heterocycles. The molecule has 1 rings (SSSR count). The second-order valence-electron chi connectivity index (χ2n) is 2.10. The average molecular weight is 181 g/mol. The van der Waals surface area contributed by atoms with E-state index in [2.05, 4.69) is 4.65 Å². The van der Waals surface area contributed by atoms with Gasteiger partial charge in [0.2, 0.25) is 0 Å². The van der Waals surface area contributed by atoms with Crippen LogP contribution in [0.2, 0.25) is 5.02 Å². The molecule has 0 aliphatic carbocycles. The zero-order valence-electron chi connectivity index (χ0n) is 6.27. The molecular formula is C8H7BClO2. The van der Waals surface area contributed by atoms with Gasteiger partial charge < -0.3 is 9.68 Å². The first-order chi connectivity index (χ1) is 5.83. The number of rotatable bonds is 3. The standard InChI is InChI=1S/C8H7BClO2/c10-8-3-1-7(2-4-8)5-6-12-9-11/h1-6,11H. The monoisotopic (exact) mass is 181 g/mol. The number of hydrogen-bond acceptors (Lipinski definition) is 2. The van der Waals surface area contributed by atoms with Crippen molar-refractivity contribution >= 4 is 25.4 Å². The molecule has 0 unspecified atom stereocenters. The topological polar surface area (TPSA) is 29.5 Å². The van der Waals surface area contributed by atoms with E-state index < -0.39 is 0 Å². The first kappa shape index (κ1) is 9.17. The fourth-order valence-electron chi connectivity index (χ4n) is 0.727. The lowest BCUT2D eigenvalue weighted by atomic mass is 10.2. The molecule has 0 atom stereocenters. The number of halogens is 1. The van der Waals surface area contributed by atoms with Crippen LogP contribution in [0.25, 0.3) is 6.08 Å². The summed E-state index contributed by atoms with van der Waals surface area (Å²) < 4.78 is 4.48. The molecule has 61 valence electrons. The Morgan fingerprint density at radius 2 is 2.00 bits per heavy atom. The molecule has 0 saturated carbocycles. The molecule has 0 aromatic heterocycles. The van der Waals surface area contributed by atoms with Crippen LogP contribution >= 0.6 is 11.6 Å². The van der Waals surface area contributed by atoms with Gasteiger partial charge in [-0.05, 0) is 23.8 Å². The minimum Gasteiger partial charge on any atom is -0.543 e. The summed E-state index contributed by atoms with van der Waals surface area (Å²) in [5.41, 5.74) is 0.959. The molecule has 4 heteroatoms. The van der Waals surface area contributed by atoms with Gasteiger partial charge in [-0.15, -0.1) is 0 Å². The van der Waals surface area contributed by atoms with E-state index >= 15 is 0 Å². The Morgan fingerprint density at radius 3 is 2.58 bits per heavy atom. The van der Waals surface area contributed by atoms with Gasteiger partial charge in [-0.3, -0.25) is 0 Å². The summed E-state index contributed by atoms with van der Waals surface area (Å²) >= 11 is 5.67. The summed E-state index contributed by atoms with van der Waals surface area (Å²) in [5.74, 6) is 0. The van der Waals surface area contributed by atoms with Crippen molar-refractivity contribution in [1.82, 2.24) is 0 Å². The van der Waals surface area contributed by atoms with E-state index in [0.717, 1.165) is 5.56 Å². The summed E-state index contributed by atoms with van der Waals surface area (Å²) in [6.07, 6.45) is 3.09. The Kier molecular flexibility index (Phi) is 3.71. The maximum atomic E-state index is 8.17. The van der Waals surface area contributed by atoms with Crippen molar-refractivity contribution in [3.05, 3.63) is 41.1 Å². The van der Waals surface area contributed by atoms with Crippen LogP contribution in [0.5, 0.6) is 0 Å². The molecule has 12 heavy (non-hydrogen) atoms. The fourth-order valence-corrected chi connectivity index (χ4v) is 0.853. The van der Waals surface area contributed by atoms with Crippen LogP contribution in [0.1, 0.15) is 5.56 Å². The zero-order chi connectivity index (χ0) is 8.81. The van der Waals surface area contributed by atoms with Crippen molar-refractivity contribution in [1.29, 1.82) is 0 Å². The van der Waals surface area contributed by atoms with Gasteiger partial charge in [0.05, 0.1) is 6.26 Å². The maximum Gasteiger partial charge on any atom is 0.569 e. The first-order valence-electron chi connectivity index (χ1n) is 3.36. The van der Waals surface area contributed by atoms with Crippen LogP contribution in [0.4, 0.5) is 0 Å². The predicted octanol–water partition coefficient (Wildman–Crippen LogP) is 1.85. The highest BCUT2D eigenvalue weighted by molar-refractivity contribution is 6.30. The molecule has 2 nitrogen and oxygen atoms in total. The lowest BCUT2D eigenvalue weighted by molar-refractivity contribution is 0.408. The molecule has 0 fully saturated rings. The van der Waals surface area contributed by atoms with E-state index in [1.807, 2.05) is 12.1 Å². The Labute approximate surface area is 76.7 Å². The van der Waals surface area contributed by atoms with E-state index in [0.29, 0.717) is 12.7 Å². The molecule has 0 heterocycles. The minimum absolute atomic E-state index is 0.617. The molecule has 1 aromatic rings. The largest absolute Gasteiger partial charge is 0.569 e. The van der Waals surface area contributed by atoms with E-state index in [1.54, 1.807) is 18.2 Å². The Balaban J connectivity index is 2.58. The molecular weight excluding hydrogens is 174 g/mol. The first-order valence-corrected chi connectivity index (χ1v) is 3.74. The van der Waals surface area contributed by atoms with E-state index in [-0.39, 0.29) is 0 Å². The van der Waals surface area contributed by atoms with E-state index in [1.165, 1.54) is 6.26 Å². The van der Waals surface area contributed by atoms with Crippen LogP contribution in [-0.2, 0) is 4.65 Å². The summed E-state index contributed by atoms with van der Waals surface area (Å²) in [6.45, 7) is 0. The quantitative estimate of drug-likeness (QED) is 0.570. The van der Waals surface area contributed by atoms with E-state index in [4.69, 9.17) is 16.6 Å². The van der Waals surface area contributed by atoms with Gasteiger partial charge in [-0.2, -0.15) is 0 Å². The van der Waals surface area contributed by atoms with Crippen molar-refractivity contribution in [2.24, 2.45) is 0 Å². The van der Waals surface area contributed by atoms with Crippen molar-refractivity contribution in [3.8, 4) is 0 Å². The second-order valence-corrected chi connectivity index (χ2v) is 2.53. The molecule has 1 aromatic carbocycles. The van der Waals surface area contributed by atoms with Crippen molar-refractivity contribution < 1.29 is 9.68 Å². The lowest BCUT2D eigenvalue weighted by Gasteiger charge is -1.93. The third-order valence-electron chi connectivity index (χ3n) is 1.27. The smallest absolute Gasteiger partial charge is 0.543 e. The minimum atomic E-state index is 0.617. The summed E-state index contributed by atoms with van der Waals surface area (Å²) in [6, 6.07) is 7.26. The molecule has 0 spiro atoms. The Bertz CT molecular complexity index is 258. The fraction of sp³-hybridized carbons (Fsp3) is 0. The van der Waals surface area contributed by atoms with Crippen LogP contribution in [-0.4, -0.2) is 12.7 Å². The highest BCUT2D eigenvalue weighted by Crippen LogP contribution is 2.10. The second kappa shape index (κ2) is 4.85. The van der Waals surface area contributed by atoms with Gasteiger partial charge in [0.15, 0.2) is 0 Å².